The number of fused-ring (bicyclic) bond motifs is 1. The van der Waals surface area contributed by atoms with Crippen LogP contribution in [-0.2, 0) is 4.84 Å². The van der Waals surface area contributed by atoms with Gasteiger partial charge in [0, 0.05) is 6.42 Å². The van der Waals surface area contributed by atoms with Crippen LogP contribution in [-0.4, -0.2) is 33.7 Å². The maximum atomic E-state index is 9.79. The standard InChI is InChI=1S/C8H13NO3/c1-4-6-5(10)3-8(2,11)7(6)12-9-4/h5-7,10-11H,3H2,1-2H3/t5-,6-,7-,8+/m1/s1. The molecule has 1 aliphatic carbocycles. The Labute approximate surface area is 70.8 Å². The maximum Gasteiger partial charge on any atom is 0.166 e. The van der Waals surface area contributed by atoms with E-state index in [0.29, 0.717) is 6.42 Å². The summed E-state index contributed by atoms with van der Waals surface area (Å²) >= 11 is 0. The zero-order chi connectivity index (χ0) is 8.93. The molecule has 4 atom stereocenters. The smallest absolute Gasteiger partial charge is 0.166 e. The highest BCUT2D eigenvalue weighted by Gasteiger charge is 2.55. The molecule has 0 saturated heterocycles. The van der Waals surface area contributed by atoms with E-state index in [1.54, 1.807) is 6.92 Å². The molecule has 2 aliphatic rings. The lowest BCUT2D eigenvalue weighted by molar-refractivity contribution is -0.0738. The third-order valence-electron chi connectivity index (χ3n) is 2.77. The van der Waals surface area contributed by atoms with Crippen LogP contribution < -0.4 is 0 Å². The normalized spacial score (nSPS) is 51.7. The minimum atomic E-state index is -0.939. The molecule has 2 rings (SSSR count). The van der Waals surface area contributed by atoms with E-state index < -0.39 is 11.7 Å². The molecule has 0 radical (unpaired) electrons. The van der Waals surface area contributed by atoms with Gasteiger partial charge in [-0.3, -0.25) is 0 Å². The predicted molar refractivity (Wildman–Crippen MR) is 42.7 cm³/mol. The molecule has 0 aromatic rings. The molecule has 1 saturated carbocycles. The van der Waals surface area contributed by atoms with Gasteiger partial charge in [-0.1, -0.05) is 5.16 Å². The second-order valence-electron chi connectivity index (χ2n) is 3.91. The summed E-state index contributed by atoms with van der Waals surface area (Å²) in [5.74, 6) is -0.111. The van der Waals surface area contributed by atoms with Crippen LogP contribution in [0.15, 0.2) is 5.16 Å². The summed E-state index contributed by atoms with van der Waals surface area (Å²) in [6.07, 6.45) is -0.501. The average Bonchev–Trinajstić information content (AvgIpc) is 2.38. The monoisotopic (exact) mass is 171 g/mol. The number of rotatable bonds is 0. The van der Waals surface area contributed by atoms with Crippen molar-refractivity contribution in [1.82, 2.24) is 0 Å². The molecule has 1 fully saturated rings. The number of hydrogen-bond donors (Lipinski definition) is 2. The van der Waals surface area contributed by atoms with Crippen LogP contribution in [0, 0.1) is 5.92 Å². The van der Waals surface area contributed by atoms with E-state index in [4.69, 9.17) is 4.84 Å². The Bertz CT molecular complexity index is 236. The van der Waals surface area contributed by atoms with E-state index in [1.165, 1.54) is 0 Å². The van der Waals surface area contributed by atoms with Gasteiger partial charge in [-0.05, 0) is 13.8 Å². The molecule has 0 bridgehead atoms. The van der Waals surface area contributed by atoms with Crippen LogP contribution in [0.5, 0.6) is 0 Å². The van der Waals surface area contributed by atoms with Gasteiger partial charge in [0.15, 0.2) is 6.10 Å². The summed E-state index contributed by atoms with van der Waals surface area (Å²) in [5.41, 5.74) is -0.156. The highest BCUT2D eigenvalue weighted by Crippen LogP contribution is 2.41. The fourth-order valence-electron chi connectivity index (χ4n) is 2.13. The molecule has 4 nitrogen and oxygen atoms in total. The van der Waals surface area contributed by atoms with Crippen LogP contribution in [0.2, 0.25) is 0 Å². The Hall–Kier alpha value is -0.610. The fraction of sp³-hybridized carbons (Fsp3) is 0.875. The first kappa shape index (κ1) is 8.01. The first-order valence-electron chi connectivity index (χ1n) is 4.13. The van der Waals surface area contributed by atoms with Crippen molar-refractivity contribution in [2.45, 2.75) is 38.1 Å². The van der Waals surface area contributed by atoms with Crippen LogP contribution in [0.1, 0.15) is 20.3 Å². The summed E-state index contributed by atoms with van der Waals surface area (Å²) in [6, 6.07) is 0. The molecule has 68 valence electrons. The lowest BCUT2D eigenvalue weighted by atomic mass is 9.96. The maximum absolute atomic E-state index is 9.79. The van der Waals surface area contributed by atoms with E-state index >= 15 is 0 Å². The molecule has 0 amide bonds. The second kappa shape index (κ2) is 2.20. The summed E-state index contributed by atoms with van der Waals surface area (Å²) in [5, 5.41) is 23.1. The first-order valence-corrected chi connectivity index (χ1v) is 4.13. The van der Waals surface area contributed by atoms with Crippen molar-refractivity contribution in [1.29, 1.82) is 0 Å². The highest BCUT2D eigenvalue weighted by molar-refractivity contribution is 5.86. The van der Waals surface area contributed by atoms with Crippen molar-refractivity contribution < 1.29 is 15.1 Å². The minimum absolute atomic E-state index is 0.111. The zero-order valence-electron chi connectivity index (χ0n) is 7.19. The first-order chi connectivity index (χ1) is 5.52. The SMILES string of the molecule is CC1=NO[C@@H]2[C@H]1[C@H](O)C[C@]2(C)O. The zero-order valence-corrected chi connectivity index (χ0v) is 7.19. The minimum Gasteiger partial charge on any atom is -0.392 e. The molecular weight excluding hydrogens is 158 g/mol. The lowest BCUT2D eigenvalue weighted by Crippen LogP contribution is -2.37. The van der Waals surface area contributed by atoms with Gasteiger partial charge in [0.2, 0.25) is 0 Å². The van der Waals surface area contributed by atoms with Crippen LogP contribution in [0.3, 0.4) is 0 Å². The molecule has 1 aliphatic heterocycles. The second-order valence-corrected chi connectivity index (χ2v) is 3.91. The third kappa shape index (κ3) is 0.881. The number of nitrogens with zero attached hydrogens (tertiary/aromatic N) is 1. The van der Waals surface area contributed by atoms with Crippen molar-refractivity contribution >= 4 is 5.71 Å². The Kier molecular flexibility index (Phi) is 1.47. The Morgan fingerprint density at radius 2 is 2.33 bits per heavy atom. The van der Waals surface area contributed by atoms with Gasteiger partial charge in [0.25, 0.3) is 0 Å². The average molecular weight is 171 g/mol. The summed E-state index contributed by atoms with van der Waals surface area (Å²) in [6.45, 7) is 3.49. The topological polar surface area (TPSA) is 62.0 Å². The number of hydrogen-bond acceptors (Lipinski definition) is 4. The summed E-state index contributed by atoms with van der Waals surface area (Å²) in [7, 11) is 0. The highest BCUT2D eigenvalue weighted by atomic mass is 16.7. The molecule has 0 unspecified atom stereocenters. The van der Waals surface area contributed by atoms with Crippen molar-refractivity contribution in [3.8, 4) is 0 Å². The summed E-state index contributed by atoms with van der Waals surface area (Å²) < 4.78 is 0. The molecule has 0 aromatic heterocycles. The quantitative estimate of drug-likeness (QED) is 0.534. The van der Waals surface area contributed by atoms with Crippen LogP contribution in [0.25, 0.3) is 0 Å². The van der Waals surface area contributed by atoms with Gasteiger partial charge in [0.05, 0.1) is 17.7 Å². The predicted octanol–water partition coefficient (Wildman–Crippen LogP) is -0.107. The lowest BCUT2D eigenvalue weighted by Gasteiger charge is -2.21. The van der Waals surface area contributed by atoms with Crippen molar-refractivity contribution in [3.63, 3.8) is 0 Å². The number of aliphatic hydroxyl groups excluding tert-OH is 1. The Balaban J connectivity index is 2.28. The van der Waals surface area contributed by atoms with Gasteiger partial charge < -0.3 is 15.1 Å². The molecule has 1 heterocycles. The molecule has 12 heavy (non-hydrogen) atoms. The van der Waals surface area contributed by atoms with Crippen molar-refractivity contribution in [3.05, 3.63) is 0 Å². The molecule has 2 N–H and O–H groups in total. The molecule has 0 spiro atoms. The van der Waals surface area contributed by atoms with Gasteiger partial charge in [-0.25, -0.2) is 0 Å². The van der Waals surface area contributed by atoms with Gasteiger partial charge in [-0.2, -0.15) is 0 Å². The summed E-state index contributed by atoms with van der Waals surface area (Å²) in [4.78, 5) is 5.05. The van der Waals surface area contributed by atoms with Crippen LogP contribution >= 0.6 is 0 Å². The van der Waals surface area contributed by atoms with Crippen LogP contribution in [0.4, 0.5) is 0 Å². The van der Waals surface area contributed by atoms with Gasteiger partial charge >= 0.3 is 0 Å². The fourth-order valence-corrected chi connectivity index (χ4v) is 2.13. The third-order valence-corrected chi connectivity index (χ3v) is 2.77. The Morgan fingerprint density at radius 3 is 2.92 bits per heavy atom. The van der Waals surface area contributed by atoms with E-state index in [2.05, 4.69) is 5.16 Å². The molecular formula is C8H13NO3. The van der Waals surface area contributed by atoms with Crippen molar-refractivity contribution in [2.24, 2.45) is 11.1 Å². The number of aliphatic hydroxyl groups is 2. The van der Waals surface area contributed by atoms with Gasteiger partial charge in [-0.15, -0.1) is 0 Å². The van der Waals surface area contributed by atoms with E-state index in [0.717, 1.165) is 5.71 Å². The van der Waals surface area contributed by atoms with E-state index in [1.807, 2.05) is 6.92 Å². The molecule has 0 aromatic carbocycles. The number of oxime groups is 1. The largest absolute Gasteiger partial charge is 0.392 e. The van der Waals surface area contributed by atoms with E-state index in [9.17, 15) is 10.2 Å². The Morgan fingerprint density at radius 1 is 1.67 bits per heavy atom. The molecule has 4 heteroatoms. The van der Waals surface area contributed by atoms with Gasteiger partial charge in [0.1, 0.15) is 5.60 Å². The van der Waals surface area contributed by atoms with Crippen molar-refractivity contribution in [2.75, 3.05) is 0 Å². The van der Waals surface area contributed by atoms with E-state index in [-0.39, 0.29) is 12.0 Å².